The number of benzene rings is 1. The highest BCUT2D eigenvalue weighted by molar-refractivity contribution is 7.89. The van der Waals surface area contributed by atoms with Crippen molar-refractivity contribution >= 4 is 38.4 Å². The van der Waals surface area contributed by atoms with Gasteiger partial charge in [-0.1, -0.05) is 30.2 Å². The Balaban J connectivity index is 1.80. The van der Waals surface area contributed by atoms with Gasteiger partial charge in [0.2, 0.25) is 10.0 Å². The van der Waals surface area contributed by atoms with Gasteiger partial charge in [0.15, 0.2) is 5.13 Å². The number of thiazole rings is 1. The molecular weight excluding hydrogens is 414 g/mol. The Morgan fingerprint density at radius 3 is 2.52 bits per heavy atom. The molecule has 1 amide bonds. The molecule has 1 aliphatic rings. The molecule has 0 spiro atoms. The first-order valence-electron chi connectivity index (χ1n) is 9.30. The number of aryl methyl sites for hydroxylation is 1. The third kappa shape index (κ3) is 4.82. The zero-order valence-corrected chi connectivity index (χ0v) is 17.9. The maximum absolute atomic E-state index is 13.0. The van der Waals surface area contributed by atoms with Crippen molar-refractivity contribution in [2.45, 2.75) is 37.5 Å². The second-order valence-electron chi connectivity index (χ2n) is 6.73. The van der Waals surface area contributed by atoms with E-state index in [4.69, 9.17) is 0 Å². The molecule has 1 fully saturated rings. The molecular formula is C19H23N3O5S2. The molecule has 0 bridgehead atoms. The molecule has 1 saturated heterocycles. The van der Waals surface area contributed by atoms with E-state index in [1.54, 1.807) is 19.1 Å². The van der Waals surface area contributed by atoms with Gasteiger partial charge in [0.1, 0.15) is 4.88 Å². The van der Waals surface area contributed by atoms with Crippen molar-refractivity contribution in [2.24, 2.45) is 0 Å². The van der Waals surface area contributed by atoms with Crippen molar-refractivity contribution in [1.29, 1.82) is 0 Å². The molecule has 0 radical (unpaired) electrons. The Kier molecular flexibility index (Phi) is 6.66. The standard InChI is InChI=1S/C19H23N3O5S2/c1-13-16(18(24)27-2)28-19(20-13)21-17(23)14-8-7-9-15(12-14)29(25,26)22-10-5-3-4-6-11-22/h7-9,12H,3-6,10-11H2,1-2H3,(H,20,21,23). The zero-order valence-electron chi connectivity index (χ0n) is 16.3. The van der Waals surface area contributed by atoms with Crippen LogP contribution in [-0.2, 0) is 14.8 Å². The van der Waals surface area contributed by atoms with Crippen LogP contribution in [0.5, 0.6) is 0 Å². The number of sulfonamides is 1. The number of ether oxygens (including phenoxy) is 1. The number of hydrogen-bond donors (Lipinski definition) is 1. The number of rotatable bonds is 5. The van der Waals surface area contributed by atoms with Crippen molar-refractivity contribution in [3.8, 4) is 0 Å². The van der Waals surface area contributed by atoms with E-state index in [1.165, 1.54) is 23.5 Å². The molecule has 1 aliphatic heterocycles. The first-order chi connectivity index (χ1) is 13.8. The topological polar surface area (TPSA) is 106 Å². The van der Waals surface area contributed by atoms with E-state index >= 15 is 0 Å². The van der Waals surface area contributed by atoms with Gasteiger partial charge >= 0.3 is 5.97 Å². The number of carbonyl (C=O) groups is 2. The van der Waals surface area contributed by atoms with Gasteiger partial charge in [-0.05, 0) is 38.0 Å². The van der Waals surface area contributed by atoms with Gasteiger partial charge in [-0.25, -0.2) is 18.2 Å². The third-order valence-corrected chi connectivity index (χ3v) is 7.63. The van der Waals surface area contributed by atoms with Crippen LogP contribution in [0.2, 0.25) is 0 Å². The van der Waals surface area contributed by atoms with Gasteiger partial charge in [0.25, 0.3) is 5.91 Å². The summed E-state index contributed by atoms with van der Waals surface area (Å²) in [6, 6.07) is 5.96. The summed E-state index contributed by atoms with van der Waals surface area (Å²) >= 11 is 1.01. The number of hydrogen-bond acceptors (Lipinski definition) is 7. The third-order valence-electron chi connectivity index (χ3n) is 4.69. The van der Waals surface area contributed by atoms with E-state index in [2.05, 4.69) is 15.0 Å². The van der Waals surface area contributed by atoms with E-state index < -0.39 is 21.9 Å². The second kappa shape index (κ2) is 9.02. The van der Waals surface area contributed by atoms with Crippen molar-refractivity contribution in [3.63, 3.8) is 0 Å². The summed E-state index contributed by atoms with van der Waals surface area (Å²) in [7, 11) is -2.38. The minimum absolute atomic E-state index is 0.0950. The Morgan fingerprint density at radius 2 is 1.86 bits per heavy atom. The van der Waals surface area contributed by atoms with Crippen LogP contribution in [0.1, 0.15) is 51.4 Å². The molecule has 1 N–H and O–H groups in total. The molecule has 10 heteroatoms. The van der Waals surface area contributed by atoms with Crippen LogP contribution < -0.4 is 5.32 Å². The summed E-state index contributed by atoms with van der Waals surface area (Å²) in [6.07, 6.45) is 3.72. The fourth-order valence-corrected chi connectivity index (χ4v) is 5.57. The van der Waals surface area contributed by atoms with Gasteiger partial charge in [0, 0.05) is 18.7 Å². The summed E-state index contributed by atoms with van der Waals surface area (Å²) in [5, 5.41) is 2.86. The van der Waals surface area contributed by atoms with Crippen molar-refractivity contribution in [1.82, 2.24) is 9.29 Å². The molecule has 2 aromatic rings. The number of aromatic nitrogens is 1. The molecule has 0 atom stereocenters. The maximum Gasteiger partial charge on any atom is 0.350 e. The number of amides is 1. The highest BCUT2D eigenvalue weighted by Crippen LogP contribution is 2.25. The Hall–Kier alpha value is -2.30. The van der Waals surface area contributed by atoms with E-state index in [-0.39, 0.29) is 15.6 Å². The molecule has 8 nitrogen and oxygen atoms in total. The molecule has 1 aromatic carbocycles. The van der Waals surface area contributed by atoms with E-state index in [0.717, 1.165) is 37.0 Å². The lowest BCUT2D eigenvalue weighted by Crippen LogP contribution is -2.32. The van der Waals surface area contributed by atoms with Gasteiger partial charge in [0.05, 0.1) is 17.7 Å². The van der Waals surface area contributed by atoms with Crippen LogP contribution in [0, 0.1) is 6.92 Å². The van der Waals surface area contributed by atoms with E-state index in [1.807, 2.05) is 0 Å². The van der Waals surface area contributed by atoms with Crippen molar-refractivity contribution in [2.75, 3.05) is 25.5 Å². The Morgan fingerprint density at radius 1 is 1.17 bits per heavy atom. The highest BCUT2D eigenvalue weighted by atomic mass is 32.2. The smallest absolute Gasteiger partial charge is 0.350 e. The highest BCUT2D eigenvalue weighted by Gasteiger charge is 2.26. The normalized spacial score (nSPS) is 15.5. The first kappa shape index (κ1) is 21.4. The number of carbonyl (C=O) groups excluding carboxylic acids is 2. The average Bonchev–Trinajstić information content (AvgIpc) is 2.91. The number of methoxy groups -OCH3 is 1. The summed E-state index contributed by atoms with van der Waals surface area (Å²) < 4.78 is 32.1. The molecule has 3 rings (SSSR count). The summed E-state index contributed by atoms with van der Waals surface area (Å²) in [4.78, 5) is 28.9. The quantitative estimate of drug-likeness (QED) is 0.721. The van der Waals surface area contributed by atoms with Crippen molar-refractivity contribution in [3.05, 3.63) is 40.4 Å². The Bertz CT molecular complexity index is 1010. The minimum Gasteiger partial charge on any atom is -0.465 e. The molecule has 0 aliphatic carbocycles. The second-order valence-corrected chi connectivity index (χ2v) is 9.66. The molecule has 0 saturated carbocycles. The van der Waals surface area contributed by atoms with Crippen molar-refractivity contribution < 1.29 is 22.7 Å². The van der Waals surface area contributed by atoms with E-state index in [0.29, 0.717) is 23.7 Å². The van der Waals surface area contributed by atoms with E-state index in [9.17, 15) is 18.0 Å². The van der Waals surface area contributed by atoms with Gasteiger partial charge in [-0.2, -0.15) is 4.31 Å². The molecule has 2 heterocycles. The average molecular weight is 438 g/mol. The fraction of sp³-hybridized carbons (Fsp3) is 0.421. The lowest BCUT2D eigenvalue weighted by Gasteiger charge is -2.20. The predicted octanol–water partition coefficient (Wildman–Crippen LogP) is 3.06. The summed E-state index contributed by atoms with van der Waals surface area (Å²) in [5.41, 5.74) is 0.656. The van der Waals surface area contributed by atoms with Gasteiger partial charge in [-0.3, -0.25) is 10.1 Å². The lowest BCUT2D eigenvalue weighted by atomic mass is 10.2. The monoisotopic (exact) mass is 437 g/mol. The Labute approximate surface area is 173 Å². The predicted molar refractivity (Wildman–Crippen MR) is 110 cm³/mol. The molecule has 0 unspecified atom stereocenters. The number of esters is 1. The summed E-state index contributed by atoms with van der Waals surface area (Å²) in [6.45, 7) is 2.63. The van der Waals surface area contributed by atoms with Crippen LogP contribution >= 0.6 is 11.3 Å². The number of nitrogens with zero attached hydrogens (tertiary/aromatic N) is 2. The largest absolute Gasteiger partial charge is 0.465 e. The maximum atomic E-state index is 13.0. The molecule has 1 aromatic heterocycles. The van der Waals surface area contributed by atoms with Crippen LogP contribution in [0.4, 0.5) is 5.13 Å². The number of nitrogens with one attached hydrogen (secondary N) is 1. The fourth-order valence-electron chi connectivity index (χ4n) is 3.13. The zero-order chi connectivity index (χ0) is 21.0. The van der Waals surface area contributed by atoms with Crippen LogP contribution in [0.3, 0.4) is 0 Å². The van der Waals surface area contributed by atoms with Crippen LogP contribution in [0.25, 0.3) is 0 Å². The minimum atomic E-state index is -3.65. The molecule has 156 valence electrons. The van der Waals surface area contributed by atoms with Gasteiger partial charge in [-0.15, -0.1) is 0 Å². The van der Waals surface area contributed by atoms with Crippen LogP contribution in [0.15, 0.2) is 29.2 Å². The van der Waals surface area contributed by atoms with Crippen LogP contribution in [-0.4, -0.2) is 49.8 Å². The lowest BCUT2D eigenvalue weighted by molar-refractivity contribution is 0.0605. The molecule has 29 heavy (non-hydrogen) atoms. The number of anilines is 1. The summed E-state index contributed by atoms with van der Waals surface area (Å²) in [5.74, 6) is -1.02. The van der Waals surface area contributed by atoms with Gasteiger partial charge < -0.3 is 4.74 Å². The SMILES string of the molecule is COC(=O)c1sc(NC(=O)c2cccc(S(=O)(=O)N3CCCCCC3)c2)nc1C. The first-order valence-corrected chi connectivity index (χ1v) is 11.6.